The standard InChI is InChI=1S/C8H15NOS/c1-3-9-6-11-8(4-5-10)7(9)2/h10H,3-6H2,1-2H3. The molecule has 3 heteroatoms. The van der Waals surface area contributed by atoms with Crippen molar-refractivity contribution in [3.8, 4) is 0 Å². The van der Waals surface area contributed by atoms with Crippen molar-refractivity contribution in [2.45, 2.75) is 20.3 Å². The first kappa shape index (κ1) is 8.94. The summed E-state index contributed by atoms with van der Waals surface area (Å²) in [6.07, 6.45) is 0.826. The molecule has 0 aromatic heterocycles. The quantitative estimate of drug-likeness (QED) is 0.701. The number of hydrogen-bond acceptors (Lipinski definition) is 3. The first-order valence-corrected chi connectivity index (χ1v) is 4.96. The summed E-state index contributed by atoms with van der Waals surface area (Å²) in [5.41, 5.74) is 1.35. The van der Waals surface area contributed by atoms with Crippen molar-refractivity contribution >= 4 is 11.8 Å². The molecule has 0 fully saturated rings. The lowest BCUT2D eigenvalue weighted by atomic mass is 10.3. The van der Waals surface area contributed by atoms with Crippen LogP contribution in [0.2, 0.25) is 0 Å². The van der Waals surface area contributed by atoms with Gasteiger partial charge in [0.2, 0.25) is 0 Å². The molecule has 0 aromatic carbocycles. The first-order valence-electron chi connectivity index (χ1n) is 3.98. The van der Waals surface area contributed by atoms with Crippen LogP contribution in [0.25, 0.3) is 0 Å². The second-order valence-electron chi connectivity index (χ2n) is 2.61. The zero-order valence-electron chi connectivity index (χ0n) is 7.13. The van der Waals surface area contributed by atoms with E-state index in [2.05, 4.69) is 18.7 Å². The average molecular weight is 173 g/mol. The van der Waals surface area contributed by atoms with Crippen LogP contribution in [-0.4, -0.2) is 29.0 Å². The van der Waals surface area contributed by atoms with Gasteiger partial charge in [-0.1, -0.05) is 0 Å². The number of rotatable bonds is 3. The number of nitrogens with zero attached hydrogens (tertiary/aromatic N) is 1. The molecule has 64 valence electrons. The van der Waals surface area contributed by atoms with Gasteiger partial charge in [-0.2, -0.15) is 0 Å². The topological polar surface area (TPSA) is 23.5 Å². The van der Waals surface area contributed by atoms with Crippen LogP contribution in [0.15, 0.2) is 10.6 Å². The van der Waals surface area contributed by atoms with Crippen molar-refractivity contribution in [2.75, 3.05) is 19.0 Å². The van der Waals surface area contributed by atoms with E-state index in [-0.39, 0.29) is 6.61 Å². The van der Waals surface area contributed by atoms with Crippen LogP contribution in [0, 0.1) is 0 Å². The van der Waals surface area contributed by atoms with Gasteiger partial charge in [-0.15, -0.1) is 11.8 Å². The third kappa shape index (κ3) is 1.91. The van der Waals surface area contributed by atoms with Gasteiger partial charge in [-0.05, 0) is 13.8 Å². The number of thioether (sulfide) groups is 1. The van der Waals surface area contributed by atoms with E-state index in [0.29, 0.717) is 0 Å². The van der Waals surface area contributed by atoms with Gasteiger partial charge in [0.25, 0.3) is 0 Å². The summed E-state index contributed by atoms with van der Waals surface area (Å²) in [6, 6.07) is 0. The Labute approximate surface area is 72.3 Å². The van der Waals surface area contributed by atoms with Crippen molar-refractivity contribution in [1.82, 2.24) is 4.90 Å². The predicted molar refractivity (Wildman–Crippen MR) is 49.2 cm³/mol. The number of aliphatic hydroxyl groups is 1. The first-order chi connectivity index (χ1) is 5.29. The maximum absolute atomic E-state index is 8.74. The Morgan fingerprint density at radius 3 is 2.82 bits per heavy atom. The molecule has 0 aromatic rings. The fourth-order valence-electron chi connectivity index (χ4n) is 1.22. The van der Waals surface area contributed by atoms with Crippen molar-refractivity contribution in [3.05, 3.63) is 10.6 Å². The highest BCUT2D eigenvalue weighted by molar-refractivity contribution is 8.03. The minimum Gasteiger partial charge on any atom is -0.396 e. The Balaban J connectivity index is 2.56. The van der Waals surface area contributed by atoms with E-state index < -0.39 is 0 Å². The van der Waals surface area contributed by atoms with Crippen molar-refractivity contribution < 1.29 is 5.11 Å². The average Bonchev–Trinajstić information content (AvgIpc) is 2.34. The summed E-state index contributed by atoms with van der Waals surface area (Å²) in [5.74, 6) is 1.07. The highest BCUT2D eigenvalue weighted by Gasteiger charge is 2.16. The SMILES string of the molecule is CCN1CSC(CCO)=C1C. The number of allylic oxidation sites excluding steroid dienone is 1. The summed E-state index contributed by atoms with van der Waals surface area (Å²) in [6.45, 7) is 5.64. The summed E-state index contributed by atoms with van der Waals surface area (Å²) in [7, 11) is 0. The maximum atomic E-state index is 8.74. The number of hydrogen-bond donors (Lipinski definition) is 1. The van der Waals surface area contributed by atoms with Gasteiger partial charge in [0.15, 0.2) is 0 Å². The van der Waals surface area contributed by atoms with Gasteiger partial charge >= 0.3 is 0 Å². The lowest BCUT2D eigenvalue weighted by Crippen LogP contribution is -2.16. The molecule has 0 bridgehead atoms. The summed E-state index contributed by atoms with van der Waals surface area (Å²) < 4.78 is 0. The third-order valence-corrected chi connectivity index (χ3v) is 3.28. The molecule has 0 unspecified atom stereocenters. The molecule has 1 N–H and O–H groups in total. The van der Waals surface area contributed by atoms with Crippen LogP contribution >= 0.6 is 11.8 Å². The zero-order chi connectivity index (χ0) is 8.27. The summed E-state index contributed by atoms with van der Waals surface area (Å²) >= 11 is 1.85. The Kier molecular flexibility index (Phi) is 3.27. The van der Waals surface area contributed by atoms with E-state index >= 15 is 0 Å². The highest BCUT2D eigenvalue weighted by atomic mass is 32.2. The van der Waals surface area contributed by atoms with Gasteiger partial charge in [-0.25, -0.2) is 0 Å². The molecule has 1 heterocycles. The van der Waals surface area contributed by atoms with E-state index in [1.807, 2.05) is 11.8 Å². The van der Waals surface area contributed by atoms with Crippen LogP contribution in [0.4, 0.5) is 0 Å². The molecule has 1 rings (SSSR count). The Bertz CT molecular complexity index is 167. The van der Waals surface area contributed by atoms with Crippen LogP contribution in [0.5, 0.6) is 0 Å². The summed E-state index contributed by atoms with van der Waals surface area (Å²) in [4.78, 5) is 3.68. The largest absolute Gasteiger partial charge is 0.396 e. The molecular weight excluding hydrogens is 158 g/mol. The lowest BCUT2D eigenvalue weighted by molar-refractivity contribution is 0.300. The maximum Gasteiger partial charge on any atom is 0.0680 e. The molecular formula is C8H15NOS. The van der Waals surface area contributed by atoms with Crippen LogP contribution in [0.3, 0.4) is 0 Å². The lowest BCUT2D eigenvalue weighted by Gasteiger charge is -2.15. The fourth-order valence-corrected chi connectivity index (χ4v) is 2.48. The van der Waals surface area contributed by atoms with E-state index in [9.17, 15) is 0 Å². The van der Waals surface area contributed by atoms with Crippen molar-refractivity contribution in [1.29, 1.82) is 0 Å². The van der Waals surface area contributed by atoms with Gasteiger partial charge in [0.1, 0.15) is 0 Å². The van der Waals surface area contributed by atoms with E-state index in [4.69, 9.17) is 5.11 Å². The molecule has 2 nitrogen and oxygen atoms in total. The minimum atomic E-state index is 0.275. The molecule has 0 amide bonds. The molecule has 1 aliphatic heterocycles. The molecule has 0 spiro atoms. The van der Waals surface area contributed by atoms with Gasteiger partial charge in [0.05, 0.1) is 5.88 Å². The van der Waals surface area contributed by atoms with Gasteiger partial charge < -0.3 is 10.0 Å². The second-order valence-corrected chi connectivity index (χ2v) is 3.65. The van der Waals surface area contributed by atoms with Crippen LogP contribution in [-0.2, 0) is 0 Å². The molecule has 0 aliphatic carbocycles. The Morgan fingerprint density at radius 2 is 2.36 bits per heavy atom. The van der Waals surface area contributed by atoms with E-state index in [1.54, 1.807) is 0 Å². The molecule has 11 heavy (non-hydrogen) atoms. The fraction of sp³-hybridized carbons (Fsp3) is 0.750. The van der Waals surface area contributed by atoms with E-state index in [1.165, 1.54) is 10.6 Å². The molecule has 0 atom stereocenters. The van der Waals surface area contributed by atoms with Gasteiger partial charge in [-0.3, -0.25) is 0 Å². The molecule has 0 radical (unpaired) electrons. The van der Waals surface area contributed by atoms with Crippen LogP contribution < -0.4 is 0 Å². The smallest absolute Gasteiger partial charge is 0.0680 e. The molecule has 1 aliphatic rings. The van der Waals surface area contributed by atoms with Crippen molar-refractivity contribution in [3.63, 3.8) is 0 Å². The zero-order valence-corrected chi connectivity index (χ0v) is 7.95. The number of aliphatic hydroxyl groups excluding tert-OH is 1. The molecule has 0 saturated carbocycles. The Morgan fingerprint density at radius 1 is 1.64 bits per heavy atom. The van der Waals surface area contributed by atoms with E-state index in [0.717, 1.165) is 18.8 Å². The minimum absolute atomic E-state index is 0.275. The third-order valence-electron chi connectivity index (χ3n) is 1.99. The van der Waals surface area contributed by atoms with Crippen molar-refractivity contribution in [2.24, 2.45) is 0 Å². The monoisotopic (exact) mass is 173 g/mol. The summed E-state index contributed by atoms with van der Waals surface area (Å²) in [5, 5.41) is 8.74. The normalized spacial score (nSPS) is 18.3. The van der Waals surface area contributed by atoms with Crippen LogP contribution in [0.1, 0.15) is 20.3 Å². The Hall–Kier alpha value is -0.150. The predicted octanol–water partition coefficient (Wildman–Crippen LogP) is 1.63. The van der Waals surface area contributed by atoms with Gasteiger partial charge in [0, 0.05) is 30.2 Å². The highest BCUT2D eigenvalue weighted by Crippen LogP contribution is 2.32. The second kappa shape index (κ2) is 4.02. The molecule has 0 saturated heterocycles.